The minimum atomic E-state index is -3.38. The van der Waals surface area contributed by atoms with E-state index in [-0.39, 0.29) is 5.91 Å². The molecule has 1 heterocycles. The molecule has 5 nitrogen and oxygen atoms in total. The normalized spacial score (nSPS) is 22.0. The van der Waals surface area contributed by atoms with E-state index in [0.717, 1.165) is 37.7 Å². The first-order chi connectivity index (χ1) is 13.5. The molecule has 154 valence electrons. The number of carbonyl (C=O) groups excluding carboxylic acids is 1. The monoisotopic (exact) mass is 404 g/mol. The highest BCUT2D eigenvalue weighted by Gasteiger charge is 2.41. The fourth-order valence-electron chi connectivity index (χ4n) is 4.38. The summed E-state index contributed by atoms with van der Waals surface area (Å²) in [5, 5.41) is 0. The van der Waals surface area contributed by atoms with Crippen molar-refractivity contribution in [1.29, 1.82) is 0 Å². The summed E-state index contributed by atoms with van der Waals surface area (Å²) in [7, 11) is -3.38. The molecule has 1 aromatic carbocycles. The van der Waals surface area contributed by atoms with Crippen molar-refractivity contribution in [3.63, 3.8) is 0 Å². The molecular formula is C22H32N2O3S. The SMILES string of the molecule is CC(C1CC1)N(C(=O)CCc1ccc(S(=O)(=O)N2CCCCC2)cc1)C1CC1. The van der Waals surface area contributed by atoms with Crippen LogP contribution in [0.2, 0.25) is 0 Å². The van der Waals surface area contributed by atoms with Gasteiger partial charge in [0.2, 0.25) is 15.9 Å². The topological polar surface area (TPSA) is 57.7 Å². The van der Waals surface area contributed by atoms with Gasteiger partial charge in [-0.3, -0.25) is 4.79 Å². The fraction of sp³-hybridized carbons (Fsp3) is 0.682. The van der Waals surface area contributed by atoms with Gasteiger partial charge in [-0.15, -0.1) is 0 Å². The number of carbonyl (C=O) groups is 1. The Morgan fingerprint density at radius 2 is 1.71 bits per heavy atom. The molecule has 0 spiro atoms. The van der Waals surface area contributed by atoms with Gasteiger partial charge < -0.3 is 4.90 Å². The van der Waals surface area contributed by atoms with Crippen LogP contribution in [0.4, 0.5) is 0 Å². The maximum absolute atomic E-state index is 12.8. The lowest BCUT2D eigenvalue weighted by molar-refractivity contribution is -0.134. The Balaban J connectivity index is 1.35. The average Bonchev–Trinajstić information content (AvgIpc) is 3.61. The molecule has 2 saturated carbocycles. The van der Waals surface area contributed by atoms with Crippen molar-refractivity contribution in [3.8, 4) is 0 Å². The van der Waals surface area contributed by atoms with E-state index >= 15 is 0 Å². The van der Waals surface area contributed by atoms with Gasteiger partial charge in [-0.05, 0) is 75.5 Å². The summed E-state index contributed by atoms with van der Waals surface area (Å²) >= 11 is 0. The van der Waals surface area contributed by atoms with Crippen LogP contribution in [0.5, 0.6) is 0 Å². The van der Waals surface area contributed by atoms with Crippen molar-refractivity contribution in [2.24, 2.45) is 5.92 Å². The number of hydrogen-bond donors (Lipinski definition) is 0. The van der Waals surface area contributed by atoms with E-state index in [2.05, 4.69) is 11.8 Å². The molecular weight excluding hydrogens is 372 g/mol. The number of nitrogens with zero attached hydrogens (tertiary/aromatic N) is 2. The third kappa shape index (κ3) is 4.43. The van der Waals surface area contributed by atoms with Gasteiger partial charge in [0.25, 0.3) is 0 Å². The van der Waals surface area contributed by atoms with Gasteiger partial charge in [0.15, 0.2) is 0 Å². The Labute approximate surface area is 169 Å². The largest absolute Gasteiger partial charge is 0.337 e. The van der Waals surface area contributed by atoms with Crippen molar-refractivity contribution in [2.45, 2.75) is 81.7 Å². The Morgan fingerprint density at radius 1 is 1.07 bits per heavy atom. The highest BCUT2D eigenvalue weighted by atomic mass is 32.2. The van der Waals surface area contributed by atoms with E-state index in [1.807, 2.05) is 12.1 Å². The number of rotatable bonds is 8. The molecule has 2 aliphatic carbocycles. The van der Waals surface area contributed by atoms with E-state index in [4.69, 9.17) is 0 Å². The molecule has 0 radical (unpaired) electrons. The van der Waals surface area contributed by atoms with E-state index in [0.29, 0.717) is 48.8 Å². The fourth-order valence-corrected chi connectivity index (χ4v) is 5.90. The van der Waals surface area contributed by atoms with Crippen LogP contribution in [0, 0.1) is 5.92 Å². The molecule has 6 heteroatoms. The third-order valence-electron chi connectivity index (χ3n) is 6.47. The maximum Gasteiger partial charge on any atom is 0.243 e. The van der Waals surface area contributed by atoms with Crippen LogP contribution < -0.4 is 0 Å². The van der Waals surface area contributed by atoms with Gasteiger partial charge in [-0.1, -0.05) is 18.6 Å². The molecule has 0 N–H and O–H groups in total. The highest BCUT2D eigenvalue weighted by Crippen LogP contribution is 2.40. The molecule has 1 atom stereocenters. The van der Waals surface area contributed by atoms with E-state index in [1.54, 1.807) is 16.4 Å². The number of piperidine rings is 1. The van der Waals surface area contributed by atoms with Gasteiger partial charge >= 0.3 is 0 Å². The molecule has 1 amide bonds. The first-order valence-electron chi connectivity index (χ1n) is 10.9. The third-order valence-corrected chi connectivity index (χ3v) is 8.39. The van der Waals surface area contributed by atoms with Crippen molar-refractivity contribution in [3.05, 3.63) is 29.8 Å². The zero-order valence-electron chi connectivity index (χ0n) is 16.8. The second kappa shape index (κ2) is 8.15. The summed E-state index contributed by atoms with van der Waals surface area (Å²) < 4.78 is 27.1. The summed E-state index contributed by atoms with van der Waals surface area (Å²) in [6.45, 7) is 3.44. The molecule has 1 saturated heterocycles. The van der Waals surface area contributed by atoms with Crippen LogP contribution in [0.1, 0.15) is 63.9 Å². The second-order valence-electron chi connectivity index (χ2n) is 8.72. The van der Waals surface area contributed by atoms with Gasteiger partial charge in [0, 0.05) is 31.6 Å². The van der Waals surface area contributed by atoms with Crippen LogP contribution >= 0.6 is 0 Å². The van der Waals surface area contributed by atoms with Gasteiger partial charge in [0.1, 0.15) is 0 Å². The highest BCUT2D eigenvalue weighted by molar-refractivity contribution is 7.89. The zero-order chi connectivity index (χ0) is 19.7. The van der Waals surface area contributed by atoms with E-state index in [1.165, 1.54) is 12.8 Å². The van der Waals surface area contributed by atoms with Crippen LogP contribution in [0.15, 0.2) is 29.2 Å². The minimum absolute atomic E-state index is 0.256. The Bertz CT molecular complexity index is 792. The minimum Gasteiger partial charge on any atom is -0.337 e. The molecule has 0 aromatic heterocycles. The quantitative estimate of drug-likeness (QED) is 0.665. The van der Waals surface area contributed by atoms with Crippen LogP contribution in [-0.4, -0.2) is 48.7 Å². The molecule has 3 aliphatic rings. The van der Waals surface area contributed by atoms with E-state index < -0.39 is 10.0 Å². The molecule has 28 heavy (non-hydrogen) atoms. The number of benzene rings is 1. The zero-order valence-corrected chi connectivity index (χ0v) is 17.7. The Kier molecular flexibility index (Phi) is 5.79. The predicted octanol–water partition coefficient (Wildman–Crippen LogP) is 3.58. The lowest BCUT2D eigenvalue weighted by Crippen LogP contribution is -2.41. The summed E-state index contributed by atoms with van der Waals surface area (Å²) in [6, 6.07) is 7.98. The van der Waals surface area contributed by atoms with Gasteiger partial charge in [-0.2, -0.15) is 4.31 Å². The molecule has 1 aliphatic heterocycles. The van der Waals surface area contributed by atoms with Crippen molar-refractivity contribution >= 4 is 15.9 Å². The summed E-state index contributed by atoms with van der Waals surface area (Å²) in [5.74, 6) is 0.954. The van der Waals surface area contributed by atoms with Crippen molar-refractivity contribution < 1.29 is 13.2 Å². The second-order valence-corrected chi connectivity index (χ2v) is 10.7. The van der Waals surface area contributed by atoms with E-state index in [9.17, 15) is 13.2 Å². The Morgan fingerprint density at radius 3 is 2.29 bits per heavy atom. The summed E-state index contributed by atoms with van der Waals surface area (Å²) in [4.78, 5) is 15.3. The first kappa shape index (κ1) is 19.9. The Hall–Kier alpha value is -1.40. The number of hydrogen-bond acceptors (Lipinski definition) is 3. The van der Waals surface area contributed by atoms with Crippen molar-refractivity contribution in [1.82, 2.24) is 9.21 Å². The lowest BCUT2D eigenvalue weighted by Gasteiger charge is -2.29. The molecule has 3 fully saturated rings. The first-order valence-corrected chi connectivity index (χ1v) is 12.3. The smallest absolute Gasteiger partial charge is 0.243 e. The standard InChI is InChI=1S/C22H32N2O3S/c1-17(19-8-9-19)24(20-10-11-20)22(25)14-7-18-5-12-21(13-6-18)28(26,27)23-15-3-2-4-16-23/h5-6,12-13,17,19-20H,2-4,7-11,14-16H2,1H3. The van der Waals surface area contributed by atoms with Crippen LogP contribution in [-0.2, 0) is 21.2 Å². The number of aryl methyl sites for hydroxylation is 1. The number of sulfonamides is 1. The number of amides is 1. The summed E-state index contributed by atoms with van der Waals surface area (Å²) in [5.41, 5.74) is 1.03. The average molecular weight is 405 g/mol. The predicted molar refractivity (Wildman–Crippen MR) is 109 cm³/mol. The molecule has 4 rings (SSSR count). The van der Waals surface area contributed by atoms with Crippen LogP contribution in [0.25, 0.3) is 0 Å². The molecule has 1 unspecified atom stereocenters. The maximum atomic E-state index is 12.8. The molecule has 1 aromatic rings. The van der Waals surface area contributed by atoms with Gasteiger partial charge in [0.05, 0.1) is 4.90 Å². The lowest BCUT2D eigenvalue weighted by atomic mass is 10.1. The van der Waals surface area contributed by atoms with Gasteiger partial charge in [-0.25, -0.2) is 8.42 Å². The summed E-state index contributed by atoms with van der Waals surface area (Å²) in [6.07, 6.45) is 8.96. The van der Waals surface area contributed by atoms with Crippen LogP contribution in [0.3, 0.4) is 0 Å². The molecule has 0 bridgehead atoms. The van der Waals surface area contributed by atoms with Crippen molar-refractivity contribution in [2.75, 3.05) is 13.1 Å².